The van der Waals surface area contributed by atoms with Crippen LogP contribution in [0.3, 0.4) is 0 Å². The fraction of sp³-hybridized carbons (Fsp3) is 0.889. The van der Waals surface area contributed by atoms with E-state index in [1.165, 1.54) is 0 Å². The molecule has 14 heavy (non-hydrogen) atoms. The van der Waals surface area contributed by atoms with Crippen LogP contribution in [0.4, 0.5) is 0 Å². The second-order valence-electron chi connectivity index (χ2n) is 3.32. The Bertz CT molecular complexity index is 209. The van der Waals surface area contributed by atoms with E-state index in [1.807, 2.05) is 13.8 Å². The molecule has 0 heterocycles. The predicted molar refractivity (Wildman–Crippen MR) is 59.5 cm³/mol. The molecule has 0 aromatic heterocycles. The maximum Gasteiger partial charge on any atom is 0.234 e. The van der Waals surface area contributed by atoms with Crippen LogP contribution >= 0.6 is 0 Å². The monoisotopic (exact) mass is 220 g/mol. The summed E-state index contributed by atoms with van der Waals surface area (Å²) in [4.78, 5) is 13.0. The molecule has 0 spiro atoms. The zero-order valence-electron chi connectivity index (χ0n) is 9.16. The Morgan fingerprint density at radius 3 is 2.57 bits per heavy atom. The smallest absolute Gasteiger partial charge is 0.234 e. The van der Waals surface area contributed by atoms with Crippen LogP contribution in [0, 0.1) is 0 Å². The zero-order valence-corrected chi connectivity index (χ0v) is 9.97. The molecule has 0 saturated carbocycles. The van der Waals surface area contributed by atoms with Crippen LogP contribution in [0.15, 0.2) is 0 Å². The molecule has 2 unspecified atom stereocenters. The van der Waals surface area contributed by atoms with Crippen molar-refractivity contribution in [2.75, 3.05) is 25.9 Å². The molecule has 1 amide bonds. The molecule has 0 radical (unpaired) electrons. The van der Waals surface area contributed by atoms with Gasteiger partial charge in [-0.1, -0.05) is 6.92 Å². The van der Waals surface area contributed by atoms with Gasteiger partial charge in [-0.05, 0) is 19.9 Å². The second kappa shape index (κ2) is 6.95. The van der Waals surface area contributed by atoms with E-state index in [0.717, 1.165) is 0 Å². The van der Waals surface area contributed by atoms with E-state index >= 15 is 0 Å². The molecule has 0 aliphatic heterocycles. The van der Waals surface area contributed by atoms with Gasteiger partial charge in [0.25, 0.3) is 0 Å². The van der Waals surface area contributed by atoms with Gasteiger partial charge in [-0.25, -0.2) is 0 Å². The highest BCUT2D eigenvalue weighted by Gasteiger charge is 2.16. The van der Waals surface area contributed by atoms with Crippen molar-refractivity contribution in [1.29, 1.82) is 0 Å². The minimum atomic E-state index is -1.09. The van der Waals surface area contributed by atoms with E-state index in [1.54, 1.807) is 11.9 Å². The van der Waals surface area contributed by atoms with E-state index in [0.29, 0.717) is 19.5 Å². The lowest BCUT2D eigenvalue weighted by Gasteiger charge is -2.16. The van der Waals surface area contributed by atoms with Crippen molar-refractivity contribution >= 4 is 16.7 Å². The van der Waals surface area contributed by atoms with Crippen molar-refractivity contribution in [2.45, 2.75) is 25.5 Å². The molecule has 0 aliphatic carbocycles. The summed E-state index contributed by atoms with van der Waals surface area (Å²) >= 11 is 0. The molecule has 0 fully saturated rings. The van der Waals surface area contributed by atoms with Gasteiger partial charge in [0.1, 0.15) is 5.75 Å². The molecule has 2 N–H and O–H groups in total. The highest BCUT2D eigenvalue weighted by atomic mass is 32.2. The Labute approximate surface area is 88.3 Å². The SMILES string of the molecule is CCN(C)C(=O)CS(=O)C(C)CCN. The van der Waals surface area contributed by atoms with E-state index in [2.05, 4.69) is 0 Å². The molecule has 0 aromatic rings. The van der Waals surface area contributed by atoms with Crippen LogP contribution in [0.25, 0.3) is 0 Å². The first-order valence-corrected chi connectivity index (χ1v) is 6.22. The summed E-state index contributed by atoms with van der Waals surface area (Å²) in [5.74, 6) is 0.0561. The van der Waals surface area contributed by atoms with Gasteiger partial charge in [0.15, 0.2) is 0 Å². The van der Waals surface area contributed by atoms with Crippen LogP contribution in [0.1, 0.15) is 20.3 Å². The Hall–Kier alpha value is -0.420. The third-order valence-corrected chi connectivity index (χ3v) is 3.85. The van der Waals surface area contributed by atoms with Crippen molar-refractivity contribution in [3.63, 3.8) is 0 Å². The summed E-state index contributed by atoms with van der Waals surface area (Å²) in [5.41, 5.74) is 5.35. The highest BCUT2D eigenvalue weighted by molar-refractivity contribution is 7.86. The average molecular weight is 220 g/mol. The highest BCUT2D eigenvalue weighted by Crippen LogP contribution is 2.01. The van der Waals surface area contributed by atoms with E-state index in [9.17, 15) is 9.00 Å². The summed E-state index contributed by atoms with van der Waals surface area (Å²) in [6.45, 7) is 4.93. The largest absolute Gasteiger partial charge is 0.345 e. The summed E-state index contributed by atoms with van der Waals surface area (Å²) in [5, 5.41) is 0.00852. The number of hydrogen-bond acceptors (Lipinski definition) is 3. The Balaban J connectivity index is 3.99. The minimum absolute atomic E-state index is 0.00852. The van der Waals surface area contributed by atoms with Crippen molar-refractivity contribution < 1.29 is 9.00 Å². The molecule has 0 saturated heterocycles. The zero-order chi connectivity index (χ0) is 11.1. The van der Waals surface area contributed by atoms with Crippen molar-refractivity contribution in [2.24, 2.45) is 5.73 Å². The normalized spacial score (nSPS) is 14.9. The maximum absolute atomic E-state index is 11.6. The summed E-state index contributed by atoms with van der Waals surface area (Å²) in [6.07, 6.45) is 0.704. The average Bonchev–Trinajstić information content (AvgIpc) is 2.16. The molecule has 4 nitrogen and oxygen atoms in total. The lowest BCUT2D eigenvalue weighted by atomic mass is 10.3. The molecule has 84 valence electrons. The van der Waals surface area contributed by atoms with Crippen LogP contribution < -0.4 is 5.73 Å². The van der Waals surface area contributed by atoms with Crippen LogP contribution in [0.5, 0.6) is 0 Å². The summed E-state index contributed by atoms with van der Waals surface area (Å²) in [7, 11) is 0.627. The van der Waals surface area contributed by atoms with Gasteiger partial charge < -0.3 is 10.6 Å². The Kier molecular flexibility index (Phi) is 6.74. The standard InChI is InChI=1S/C9H20N2O2S/c1-4-11(3)9(12)7-14(13)8(2)5-6-10/h8H,4-7,10H2,1-3H3. The molecule has 5 heteroatoms. The molecule has 0 aliphatic rings. The van der Waals surface area contributed by atoms with E-state index < -0.39 is 10.8 Å². The van der Waals surface area contributed by atoms with Crippen LogP contribution in [-0.4, -0.2) is 46.2 Å². The van der Waals surface area contributed by atoms with Crippen molar-refractivity contribution in [3.8, 4) is 0 Å². The first kappa shape index (κ1) is 13.6. The number of rotatable bonds is 6. The van der Waals surface area contributed by atoms with Gasteiger partial charge in [0, 0.05) is 29.6 Å². The number of amides is 1. The van der Waals surface area contributed by atoms with Gasteiger partial charge in [0.2, 0.25) is 5.91 Å². The fourth-order valence-electron chi connectivity index (χ4n) is 0.917. The lowest BCUT2D eigenvalue weighted by Crippen LogP contribution is -2.33. The van der Waals surface area contributed by atoms with Gasteiger partial charge in [-0.2, -0.15) is 0 Å². The molecular weight excluding hydrogens is 200 g/mol. The first-order chi connectivity index (χ1) is 6.52. The van der Waals surface area contributed by atoms with Crippen molar-refractivity contribution in [3.05, 3.63) is 0 Å². The Morgan fingerprint density at radius 2 is 2.14 bits per heavy atom. The number of carbonyl (C=O) groups is 1. The predicted octanol–water partition coefficient (Wildman–Crippen LogP) is -0.0493. The van der Waals surface area contributed by atoms with Gasteiger partial charge >= 0.3 is 0 Å². The molecule has 0 rings (SSSR count). The second-order valence-corrected chi connectivity index (χ2v) is 5.18. The lowest BCUT2D eigenvalue weighted by molar-refractivity contribution is -0.126. The number of nitrogens with zero attached hydrogens (tertiary/aromatic N) is 1. The molecule has 2 atom stereocenters. The van der Waals surface area contributed by atoms with Gasteiger partial charge in [-0.3, -0.25) is 9.00 Å². The maximum atomic E-state index is 11.6. The molecular formula is C9H20N2O2S. The summed E-state index contributed by atoms with van der Waals surface area (Å²) in [6, 6.07) is 0. The molecule has 0 aromatic carbocycles. The summed E-state index contributed by atoms with van der Waals surface area (Å²) < 4.78 is 11.6. The fourth-order valence-corrected chi connectivity index (χ4v) is 2.06. The third-order valence-electron chi connectivity index (χ3n) is 2.19. The number of carbonyl (C=O) groups excluding carboxylic acids is 1. The van der Waals surface area contributed by atoms with E-state index in [-0.39, 0.29) is 16.9 Å². The third kappa shape index (κ3) is 4.72. The first-order valence-electron chi connectivity index (χ1n) is 4.84. The van der Waals surface area contributed by atoms with E-state index in [4.69, 9.17) is 5.73 Å². The van der Waals surface area contributed by atoms with Crippen LogP contribution in [-0.2, 0) is 15.6 Å². The van der Waals surface area contributed by atoms with Gasteiger partial charge in [-0.15, -0.1) is 0 Å². The minimum Gasteiger partial charge on any atom is -0.345 e. The van der Waals surface area contributed by atoms with Gasteiger partial charge in [0.05, 0.1) is 0 Å². The Morgan fingerprint density at radius 1 is 1.57 bits per heavy atom. The molecule has 0 bridgehead atoms. The number of hydrogen-bond donors (Lipinski definition) is 1. The van der Waals surface area contributed by atoms with Crippen molar-refractivity contribution in [1.82, 2.24) is 4.90 Å². The number of nitrogens with two attached hydrogens (primary N) is 1. The quantitative estimate of drug-likeness (QED) is 0.682. The van der Waals surface area contributed by atoms with Crippen LogP contribution in [0.2, 0.25) is 0 Å². The topological polar surface area (TPSA) is 63.4 Å².